The molecular weight excluding hydrogens is 226 g/mol. The van der Waals surface area contributed by atoms with E-state index in [9.17, 15) is 14.9 Å². The molecule has 0 atom stereocenters. The van der Waals surface area contributed by atoms with Crippen LogP contribution in [0.5, 0.6) is 5.75 Å². The number of nitrogens with zero attached hydrogens (tertiary/aromatic N) is 3. The Labute approximate surface area is 97.0 Å². The van der Waals surface area contributed by atoms with Crippen molar-refractivity contribution in [2.45, 2.75) is 0 Å². The standard InChI is InChI=1S/C10H9N3O4/c1-12(7-6-11)10(14)17-9-4-2-8(3-5-9)13(15)16/h2-5H,7H2,1H3. The van der Waals surface area contributed by atoms with Crippen LogP contribution < -0.4 is 4.74 Å². The van der Waals surface area contributed by atoms with Crippen molar-refractivity contribution in [1.82, 2.24) is 4.90 Å². The molecule has 1 aromatic rings. The minimum Gasteiger partial charge on any atom is -0.410 e. The average molecular weight is 235 g/mol. The first-order valence-corrected chi connectivity index (χ1v) is 4.59. The lowest BCUT2D eigenvalue weighted by atomic mass is 10.3. The lowest BCUT2D eigenvalue weighted by Crippen LogP contribution is -2.29. The van der Waals surface area contributed by atoms with Crippen molar-refractivity contribution in [2.24, 2.45) is 0 Å². The van der Waals surface area contributed by atoms with Gasteiger partial charge in [-0.3, -0.25) is 15.0 Å². The fraction of sp³-hybridized carbons (Fsp3) is 0.200. The second-order valence-electron chi connectivity index (χ2n) is 3.13. The van der Waals surface area contributed by atoms with Crippen molar-refractivity contribution >= 4 is 11.8 Å². The second-order valence-corrected chi connectivity index (χ2v) is 3.13. The Morgan fingerprint density at radius 1 is 1.53 bits per heavy atom. The quantitative estimate of drug-likeness (QED) is 0.449. The van der Waals surface area contributed by atoms with Crippen molar-refractivity contribution in [2.75, 3.05) is 13.6 Å². The Bertz CT molecular complexity index is 463. The number of hydrogen-bond acceptors (Lipinski definition) is 5. The summed E-state index contributed by atoms with van der Waals surface area (Å²) in [6, 6.07) is 6.88. The fourth-order valence-corrected chi connectivity index (χ4v) is 0.985. The van der Waals surface area contributed by atoms with E-state index < -0.39 is 11.0 Å². The monoisotopic (exact) mass is 235 g/mol. The van der Waals surface area contributed by atoms with Gasteiger partial charge in [0.05, 0.1) is 11.0 Å². The fourth-order valence-electron chi connectivity index (χ4n) is 0.985. The van der Waals surface area contributed by atoms with Gasteiger partial charge in [0.1, 0.15) is 12.3 Å². The molecule has 88 valence electrons. The van der Waals surface area contributed by atoms with Crippen LogP contribution >= 0.6 is 0 Å². The maximum Gasteiger partial charge on any atom is 0.415 e. The molecule has 1 rings (SSSR count). The number of carbonyl (C=O) groups excluding carboxylic acids is 1. The molecule has 0 fully saturated rings. The van der Waals surface area contributed by atoms with Gasteiger partial charge in [-0.25, -0.2) is 4.79 Å². The highest BCUT2D eigenvalue weighted by Gasteiger charge is 2.11. The molecule has 0 unspecified atom stereocenters. The first kappa shape index (κ1) is 12.4. The van der Waals surface area contributed by atoms with Crippen molar-refractivity contribution in [3.8, 4) is 11.8 Å². The molecule has 0 N–H and O–H groups in total. The summed E-state index contributed by atoms with van der Waals surface area (Å²) in [4.78, 5) is 22.3. The number of ether oxygens (including phenoxy) is 1. The zero-order valence-electron chi connectivity index (χ0n) is 8.99. The zero-order valence-corrected chi connectivity index (χ0v) is 8.99. The molecule has 0 radical (unpaired) electrons. The van der Waals surface area contributed by atoms with E-state index in [1.165, 1.54) is 31.3 Å². The van der Waals surface area contributed by atoms with Crippen LogP contribution in [0.15, 0.2) is 24.3 Å². The molecule has 1 aromatic carbocycles. The summed E-state index contributed by atoms with van der Waals surface area (Å²) < 4.78 is 4.88. The van der Waals surface area contributed by atoms with E-state index in [0.717, 1.165) is 4.90 Å². The van der Waals surface area contributed by atoms with Crippen molar-refractivity contribution in [3.05, 3.63) is 34.4 Å². The molecule has 0 saturated heterocycles. The Hall–Kier alpha value is -2.62. The van der Waals surface area contributed by atoms with Crippen LogP contribution in [0.3, 0.4) is 0 Å². The van der Waals surface area contributed by atoms with Gasteiger partial charge in [-0.1, -0.05) is 0 Å². The predicted molar refractivity (Wildman–Crippen MR) is 57.4 cm³/mol. The molecule has 0 saturated carbocycles. The molecule has 7 heteroatoms. The van der Waals surface area contributed by atoms with Gasteiger partial charge in [0.15, 0.2) is 0 Å². The maximum absolute atomic E-state index is 11.3. The molecule has 0 aliphatic heterocycles. The van der Waals surface area contributed by atoms with Gasteiger partial charge in [0, 0.05) is 19.2 Å². The highest BCUT2D eigenvalue weighted by molar-refractivity contribution is 5.70. The highest BCUT2D eigenvalue weighted by atomic mass is 16.6. The molecule has 7 nitrogen and oxygen atoms in total. The van der Waals surface area contributed by atoms with Crippen LogP contribution in [-0.4, -0.2) is 29.5 Å². The van der Waals surface area contributed by atoms with Crippen LogP contribution in [-0.2, 0) is 0 Å². The van der Waals surface area contributed by atoms with Gasteiger partial charge in [-0.15, -0.1) is 0 Å². The number of nitriles is 1. The summed E-state index contributed by atoms with van der Waals surface area (Å²) in [5, 5.41) is 18.8. The topological polar surface area (TPSA) is 96.5 Å². The average Bonchev–Trinajstić information content (AvgIpc) is 2.30. The van der Waals surface area contributed by atoms with Gasteiger partial charge >= 0.3 is 6.09 Å². The van der Waals surface area contributed by atoms with E-state index in [4.69, 9.17) is 10.00 Å². The Morgan fingerprint density at radius 3 is 2.59 bits per heavy atom. The predicted octanol–water partition coefficient (Wildman–Crippen LogP) is 1.55. The third-order valence-electron chi connectivity index (χ3n) is 1.87. The van der Waals surface area contributed by atoms with E-state index in [1.807, 2.05) is 0 Å². The number of benzene rings is 1. The minimum atomic E-state index is -0.694. The molecule has 0 aromatic heterocycles. The number of hydrogen-bond donors (Lipinski definition) is 0. The molecule has 0 aliphatic carbocycles. The van der Waals surface area contributed by atoms with Crippen molar-refractivity contribution in [1.29, 1.82) is 5.26 Å². The Kier molecular flexibility index (Phi) is 4.00. The first-order valence-electron chi connectivity index (χ1n) is 4.59. The van der Waals surface area contributed by atoms with E-state index in [-0.39, 0.29) is 18.0 Å². The number of nitro groups is 1. The first-order chi connectivity index (χ1) is 8.04. The number of rotatable bonds is 3. The summed E-state index contributed by atoms with van der Waals surface area (Å²) in [6.45, 7) is -0.0915. The molecule has 1 amide bonds. The zero-order chi connectivity index (χ0) is 12.8. The Morgan fingerprint density at radius 2 is 2.12 bits per heavy atom. The van der Waals surface area contributed by atoms with Gasteiger partial charge in [0.2, 0.25) is 0 Å². The molecular formula is C10H9N3O4. The van der Waals surface area contributed by atoms with Gasteiger partial charge < -0.3 is 4.74 Å². The largest absolute Gasteiger partial charge is 0.415 e. The number of carbonyl (C=O) groups is 1. The van der Waals surface area contributed by atoms with Gasteiger partial charge in [-0.05, 0) is 12.1 Å². The van der Waals surface area contributed by atoms with Crippen LogP contribution in [0.2, 0.25) is 0 Å². The SMILES string of the molecule is CN(CC#N)C(=O)Oc1ccc([N+](=O)[O-])cc1. The summed E-state index contributed by atoms with van der Waals surface area (Å²) in [5.41, 5.74) is -0.0878. The lowest BCUT2D eigenvalue weighted by Gasteiger charge is -2.12. The normalized spacial score (nSPS) is 9.18. The van der Waals surface area contributed by atoms with Crippen molar-refractivity contribution in [3.63, 3.8) is 0 Å². The minimum absolute atomic E-state index is 0.0878. The summed E-state index contributed by atoms with van der Waals surface area (Å²) in [6.07, 6.45) is -0.694. The molecule has 0 aliphatic rings. The van der Waals surface area contributed by atoms with E-state index in [0.29, 0.717) is 0 Å². The number of nitro benzene ring substituents is 1. The van der Waals surface area contributed by atoms with Gasteiger partial charge in [-0.2, -0.15) is 5.26 Å². The van der Waals surface area contributed by atoms with Crippen LogP contribution in [0.25, 0.3) is 0 Å². The molecule has 17 heavy (non-hydrogen) atoms. The molecule has 0 bridgehead atoms. The summed E-state index contributed by atoms with van der Waals surface area (Å²) >= 11 is 0. The van der Waals surface area contributed by atoms with E-state index >= 15 is 0 Å². The maximum atomic E-state index is 11.3. The number of amides is 1. The third-order valence-corrected chi connectivity index (χ3v) is 1.87. The third kappa shape index (κ3) is 3.46. The van der Waals surface area contributed by atoms with Crippen LogP contribution in [0, 0.1) is 21.4 Å². The van der Waals surface area contributed by atoms with Crippen LogP contribution in [0.1, 0.15) is 0 Å². The Balaban J connectivity index is 2.67. The van der Waals surface area contributed by atoms with Gasteiger partial charge in [0.25, 0.3) is 5.69 Å². The van der Waals surface area contributed by atoms with Crippen molar-refractivity contribution < 1.29 is 14.5 Å². The lowest BCUT2D eigenvalue weighted by molar-refractivity contribution is -0.384. The smallest absolute Gasteiger partial charge is 0.410 e. The van der Waals surface area contributed by atoms with Crippen LogP contribution in [0.4, 0.5) is 10.5 Å². The second kappa shape index (κ2) is 5.46. The summed E-state index contributed by atoms with van der Waals surface area (Å²) in [7, 11) is 1.41. The van der Waals surface area contributed by atoms with E-state index in [2.05, 4.69) is 0 Å². The molecule has 0 heterocycles. The van der Waals surface area contributed by atoms with E-state index in [1.54, 1.807) is 6.07 Å². The summed E-state index contributed by atoms with van der Waals surface area (Å²) in [5.74, 6) is 0.186. The highest BCUT2D eigenvalue weighted by Crippen LogP contribution is 2.17. The number of non-ortho nitro benzene ring substituents is 1. The molecule has 0 spiro atoms.